The van der Waals surface area contributed by atoms with Crippen molar-refractivity contribution in [1.29, 1.82) is 0 Å². The van der Waals surface area contributed by atoms with Gasteiger partial charge in [-0.15, -0.1) is 0 Å². The summed E-state index contributed by atoms with van der Waals surface area (Å²) in [6, 6.07) is 0. The minimum absolute atomic E-state index is 0.717. The zero-order valence-corrected chi connectivity index (χ0v) is 5.94. The Kier molecular flexibility index (Phi) is 2.11. The fourth-order valence-corrected chi connectivity index (χ4v) is 0.773. The van der Waals surface area contributed by atoms with Crippen molar-refractivity contribution in [2.24, 2.45) is 0 Å². The van der Waals surface area contributed by atoms with Gasteiger partial charge in [0.2, 0.25) is 0 Å². The van der Waals surface area contributed by atoms with Gasteiger partial charge in [-0.25, -0.2) is 0 Å². The maximum absolute atomic E-state index is 4.89. The van der Waals surface area contributed by atoms with Gasteiger partial charge in [0.05, 0.1) is 6.61 Å². The van der Waals surface area contributed by atoms with Crippen molar-refractivity contribution in [3.63, 3.8) is 0 Å². The number of allylic oxidation sites excluding steroid dienone is 2. The Bertz CT molecular complexity index is 113. The number of hydrogen-bond acceptors (Lipinski definition) is 2. The van der Waals surface area contributed by atoms with Crippen LogP contribution in [0.25, 0.3) is 0 Å². The van der Waals surface area contributed by atoms with Crippen LogP contribution in [0.5, 0.6) is 0 Å². The Morgan fingerprint density at radius 1 is 1.33 bits per heavy atom. The third kappa shape index (κ3) is 1.72. The molecule has 0 aromatic heterocycles. The van der Waals surface area contributed by atoms with E-state index in [0.717, 1.165) is 18.6 Å². The van der Waals surface area contributed by atoms with Crippen LogP contribution in [-0.2, 0) is 9.78 Å². The molecular formula is C7H12O2. The van der Waals surface area contributed by atoms with Crippen molar-refractivity contribution in [3.8, 4) is 0 Å². The minimum Gasteiger partial charge on any atom is -0.342 e. The van der Waals surface area contributed by atoms with E-state index in [-0.39, 0.29) is 0 Å². The standard InChI is InChI=1S/C7H12O2/c1-6-4-3-5-8-9-7(6)2/h3-5H2,1-2H3. The molecule has 0 fully saturated rings. The molecule has 0 aliphatic carbocycles. The molecule has 0 aromatic carbocycles. The van der Waals surface area contributed by atoms with E-state index in [2.05, 4.69) is 6.92 Å². The van der Waals surface area contributed by atoms with Crippen LogP contribution in [0.1, 0.15) is 26.7 Å². The molecule has 0 spiro atoms. The molecule has 1 heterocycles. The second-order valence-corrected chi connectivity index (χ2v) is 2.35. The summed E-state index contributed by atoms with van der Waals surface area (Å²) in [5, 5.41) is 0. The van der Waals surface area contributed by atoms with Crippen molar-refractivity contribution >= 4 is 0 Å². The number of rotatable bonds is 0. The van der Waals surface area contributed by atoms with E-state index in [1.54, 1.807) is 0 Å². The minimum atomic E-state index is 0.717. The molecule has 1 rings (SSSR count). The van der Waals surface area contributed by atoms with Crippen LogP contribution in [0, 0.1) is 0 Å². The van der Waals surface area contributed by atoms with Crippen molar-refractivity contribution in [3.05, 3.63) is 11.3 Å². The van der Waals surface area contributed by atoms with E-state index in [9.17, 15) is 0 Å². The summed E-state index contributed by atoms with van der Waals surface area (Å²) in [5.74, 6) is 0.924. The Morgan fingerprint density at radius 3 is 2.89 bits per heavy atom. The van der Waals surface area contributed by atoms with Gasteiger partial charge < -0.3 is 4.89 Å². The second kappa shape index (κ2) is 2.87. The fourth-order valence-electron chi connectivity index (χ4n) is 0.773. The fraction of sp³-hybridized carbons (Fsp3) is 0.714. The molecule has 0 amide bonds. The summed E-state index contributed by atoms with van der Waals surface area (Å²) in [4.78, 5) is 9.71. The summed E-state index contributed by atoms with van der Waals surface area (Å²) in [6.45, 7) is 4.72. The molecule has 0 atom stereocenters. The summed E-state index contributed by atoms with van der Waals surface area (Å²) in [6.07, 6.45) is 2.18. The van der Waals surface area contributed by atoms with E-state index >= 15 is 0 Å². The predicted molar refractivity (Wildman–Crippen MR) is 34.6 cm³/mol. The third-order valence-electron chi connectivity index (χ3n) is 1.56. The molecule has 0 N–H and O–H groups in total. The lowest BCUT2D eigenvalue weighted by Crippen LogP contribution is -1.89. The van der Waals surface area contributed by atoms with Crippen LogP contribution in [-0.4, -0.2) is 6.61 Å². The van der Waals surface area contributed by atoms with Gasteiger partial charge >= 0.3 is 0 Å². The lowest BCUT2D eigenvalue weighted by molar-refractivity contribution is -0.258. The second-order valence-electron chi connectivity index (χ2n) is 2.35. The van der Waals surface area contributed by atoms with E-state index in [4.69, 9.17) is 9.78 Å². The zero-order chi connectivity index (χ0) is 6.69. The smallest absolute Gasteiger partial charge is 0.138 e. The van der Waals surface area contributed by atoms with Crippen molar-refractivity contribution < 1.29 is 9.78 Å². The highest BCUT2D eigenvalue weighted by Gasteiger charge is 2.03. The van der Waals surface area contributed by atoms with E-state index < -0.39 is 0 Å². The Morgan fingerprint density at radius 2 is 2.11 bits per heavy atom. The Hall–Kier alpha value is -0.500. The van der Waals surface area contributed by atoms with E-state index in [0.29, 0.717) is 6.61 Å². The molecule has 9 heavy (non-hydrogen) atoms. The highest BCUT2D eigenvalue weighted by molar-refractivity contribution is 5.02. The van der Waals surface area contributed by atoms with Crippen LogP contribution in [0.4, 0.5) is 0 Å². The predicted octanol–water partition coefficient (Wildman–Crippen LogP) is 2.02. The Balaban J connectivity index is 2.55. The van der Waals surface area contributed by atoms with Gasteiger partial charge in [-0.2, -0.15) is 4.89 Å². The Labute approximate surface area is 55.4 Å². The van der Waals surface area contributed by atoms with Crippen LogP contribution in [0.2, 0.25) is 0 Å². The van der Waals surface area contributed by atoms with Gasteiger partial charge in [0.15, 0.2) is 0 Å². The lowest BCUT2D eigenvalue weighted by Gasteiger charge is -2.00. The molecule has 0 radical (unpaired) electrons. The van der Waals surface area contributed by atoms with Gasteiger partial charge in [-0.1, -0.05) is 0 Å². The zero-order valence-electron chi connectivity index (χ0n) is 5.94. The van der Waals surface area contributed by atoms with Crippen molar-refractivity contribution in [1.82, 2.24) is 0 Å². The van der Waals surface area contributed by atoms with Gasteiger partial charge in [0.25, 0.3) is 0 Å². The van der Waals surface area contributed by atoms with Gasteiger partial charge in [0.1, 0.15) is 5.76 Å². The summed E-state index contributed by atoms with van der Waals surface area (Å²) in [5.41, 5.74) is 1.30. The average Bonchev–Trinajstić information content (AvgIpc) is 1.99. The average molecular weight is 128 g/mol. The normalized spacial score (nSPS) is 21.1. The first kappa shape index (κ1) is 6.62. The first-order valence-electron chi connectivity index (χ1n) is 3.26. The molecule has 0 saturated carbocycles. The molecule has 0 unspecified atom stereocenters. The largest absolute Gasteiger partial charge is 0.342 e. The summed E-state index contributed by atoms with van der Waals surface area (Å²) >= 11 is 0. The molecule has 0 bridgehead atoms. The first-order chi connectivity index (χ1) is 4.30. The molecule has 2 heteroatoms. The number of hydrogen-bond donors (Lipinski definition) is 0. The highest BCUT2D eigenvalue weighted by Crippen LogP contribution is 2.15. The topological polar surface area (TPSA) is 18.5 Å². The van der Waals surface area contributed by atoms with Crippen LogP contribution in [0.15, 0.2) is 11.3 Å². The van der Waals surface area contributed by atoms with E-state index in [1.807, 2.05) is 6.92 Å². The molecule has 0 saturated heterocycles. The summed E-state index contributed by atoms with van der Waals surface area (Å²) < 4.78 is 0. The van der Waals surface area contributed by atoms with Crippen molar-refractivity contribution in [2.75, 3.05) is 6.61 Å². The van der Waals surface area contributed by atoms with Crippen molar-refractivity contribution in [2.45, 2.75) is 26.7 Å². The molecular weight excluding hydrogens is 116 g/mol. The van der Waals surface area contributed by atoms with Crippen LogP contribution >= 0.6 is 0 Å². The van der Waals surface area contributed by atoms with Crippen LogP contribution < -0.4 is 0 Å². The third-order valence-corrected chi connectivity index (χ3v) is 1.56. The lowest BCUT2D eigenvalue weighted by atomic mass is 10.1. The molecule has 2 nitrogen and oxygen atoms in total. The quantitative estimate of drug-likeness (QED) is 0.465. The van der Waals surface area contributed by atoms with E-state index in [1.165, 1.54) is 5.57 Å². The molecule has 1 aliphatic heterocycles. The molecule has 1 aliphatic rings. The maximum Gasteiger partial charge on any atom is 0.138 e. The van der Waals surface area contributed by atoms with Crippen LogP contribution in [0.3, 0.4) is 0 Å². The van der Waals surface area contributed by atoms with Gasteiger partial charge in [0, 0.05) is 0 Å². The maximum atomic E-state index is 4.89. The monoisotopic (exact) mass is 128 g/mol. The highest BCUT2D eigenvalue weighted by atomic mass is 17.2. The SMILES string of the molecule is CC1=C(C)OOCCC1. The van der Waals surface area contributed by atoms with Gasteiger partial charge in [-0.05, 0) is 32.3 Å². The van der Waals surface area contributed by atoms with Gasteiger partial charge in [-0.3, -0.25) is 0 Å². The molecule has 0 aromatic rings. The first-order valence-corrected chi connectivity index (χ1v) is 3.26. The molecule has 52 valence electrons. The summed E-state index contributed by atoms with van der Waals surface area (Å²) in [7, 11) is 0.